The van der Waals surface area contributed by atoms with Crippen molar-refractivity contribution >= 4 is 34.5 Å². The van der Waals surface area contributed by atoms with Gasteiger partial charge in [-0.2, -0.15) is 0 Å². The SMILES string of the molecule is CC.CNc1nc(C)c(C#Cc2cc(Cl)ncc2F)s1.O=CNCCOCC1CC1. The molecular formula is C21H28ClFN4O2S. The normalized spacial score (nSPS) is 11.7. The molecule has 0 aliphatic heterocycles. The Morgan fingerprint density at radius 2 is 2.13 bits per heavy atom. The zero-order valence-electron chi connectivity index (χ0n) is 17.7. The molecule has 1 amide bonds. The van der Waals surface area contributed by atoms with Crippen molar-refractivity contribution in [3.63, 3.8) is 0 Å². The van der Waals surface area contributed by atoms with Crippen LogP contribution in [0.3, 0.4) is 0 Å². The number of rotatable bonds is 7. The maximum atomic E-state index is 13.4. The van der Waals surface area contributed by atoms with Crippen molar-refractivity contribution < 1.29 is 13.9 Å². The number of pyridine rings is 1. The second-order valence-electron chi connectivity index (χ2n) is 6.01. The van der Waals surface area contributed by atoms with E-state index in [2.05, 4.69) is 32.4 Å². The van der Waals surface area contributed by atoms with Crippen molar-refractivity contribution in [1.29, 1.82) is 0 Å². The number of amides is 1. The Morgan fingerprint density at radius 1 is 1.40 bits per heavy atom. The minimum Gasteiger partial charge on any atom is -0.379 e. The largest absolute Gasteiger partial charge is 0.379 e. The number of halogens is 2. The van der Waals surface area contributed by atoms with Crippen LogP contribution in [0, 0.1) is 30.5 Å². The Labute approximate surface area is 186 Å². The summed E-state index contributed by atoms with van der Waals surface area (Å²) in [6.45, 7) is 8.02. The Hall–Kier alpha value is -2.21. The van der Waals surface area contributed by atoms with Gasteiger partial charge in [-0.05, 0) is 37.7 Å². The van der Waals surface area contributed by atoms with Gasteiger partial charge in [-0.3, -0.25) is 4.79 Å². The molecule has 0 radical (unpaired) electrons. The van der Waals surface area contributed by atoms with Crippen LogP contribution in [-0.2, 0) is 9.53 Å². The number of hydrogen-bond acceptors (Lipinski definition) is 6. The Kier molecular flexibility index (Phi) is 12.7. The van der Waals surface area contributed by atoms with Crippen LogP contribution in [0.25, 0.3) is 0 Å². The van der Waals surface area contributed by atoms with Gasteiger partial charge in [-0.1, -0.05) is 42.7 Å². The van der Waals surface area contributed by atoms with Crippen LogP contribution in [0.2, 0.25) is 5.15 Å². The van der Waals surface area contributed by atoms with Crippen LogP contribution in [0.15, 0.2) is 12.3 Å². The van der Waals surface area contributed by atoms with Gasteiger partial charge in [0, 0.05) is 20.2 Å². The molecule has 164 valence electrons. The summed E-state index contributed by atoms with van der Waals surface area (Å²) >= 11 is 7.11. The maximum absolute atomic E-state index is 13.4. The smallest absolute Gasteiger partial charge is 0.207 e. The molecule has 9 heteroatoms. The van der Waals surface area contributed by atoms with Gasteiger partial charge in [0.1, 0.15) is 10.0 Å². The lowest BCUT2D eigenvalue weighted by Gasteiger charge is -2.00. The van der Waals surface area contributed by atoms with Crippen LogP contribution in [0.4, 0.5) is 9.52 Å². The van der Waals surface area contributed by atoms with Crippen molar-refractivity contribution in [2.24, 2.45) is 5.92 Å². The molecule has 2 aromatic rings. The summed E-state index contributed by atoms with van der Waals surface area (Å²) in [4.78, 5) is 18.4. The first-order chi connectivity index (χ1) is 14.5. The first-order valence-corrected chi connectivity index (χ1v) is 11.0. The number of aryl methyl sites for hydroxylation is 1. The summed E-state index contributed by atoms with van der Waals surface area (Å²) in [6.07, 6.45) is 4.40. The van der Waals surface area contributed by atoms with Crippen LogP contribution < -0.4 is 10.6 Å². The molecule has 0 spiro atoms. The highest BCUT2D eigenvalue weighted by Crippen LogP contribution is 2.28. The monoisotopic (exact) mass is 454 g/mol. The number of nitrogens with zero attached hydrogens (tertiary/aromatic N) is 2. The fourth-order valence-corrected chi connectivity index (χ4v) is 2.91. The van der Waals surface area contributed by atoms with Crippen molar-refractivity contribution in [3.8, 4) is 11.8 Å². The fraction of sp³-hybridized carbons (Fsp3) is 0.476. The number of hydrogen-bond donors (Lipinski definition) is 2. The molecule has 6 nitrogen and oxygen atoms in total. The van der Waals surface area contributed by atoms with Gasteiger partial charge in [0.05, 0.1) is 24.1 Å². The summed E-state index contributed by atoms with van der Waals surface area (Å²) < 4.78 is 18.6. The van der Waals surface area contributed by atoms with E-state index >= 15 is 0 Å². The first kappa shape index (κ1) is 25.8. The molecule has 2 aromatic heterocycles. The molecule has 1 fully saturated rings. The zero-order chi connectivity index (χ0) is 22.4. The third kappa shape index (κ3) is 10.0. The number of nitrogens with one attached hydrogen (secondary N) is 2. The third-order valence-corrected chi connectivity index (χ3v) is 4.96. The molecule has 3 rings (SSSR count). The summed E-state index contributed by atoms with van der Waals surface area (Å²) in [7, 11) is 1.79. The van der Waals surface area contributed by atoms with Crippen LogP contribution in [0.1, 0.15) is 42.8 Å². The molecule has 1 saturated carbocycles. The van der Waals surface area contributed by atoms with E-state index < -0.39 is 5.82 Å². The molecule has 1 aliphatic carbocycles. The van der Waals surface area contributed by atoms with Gasteiger partial charge in [0.25, 0.3) is 0 Å². The highest BCUT2D eigenvalue weighted by Gasteiger charge is 2.20. The second-order valence-corrected chi connectivity index (χ2v) is 7.40. The highest BCUT2D eigenvalue weighted by atomic mass is 35.5. The van der Waals surface area contributed by atoms with Gasteiger partial charge in [-0.25, -0.2) is 14.4 Å². The zero-order valence-corrected chi connectivity index (χ0v) is 19.3. The quantitative estimate of drug-likeness (QED) is 0.283. The summed E-state index contributed by atoms with van der Waals surface area (Å²) in [5.41, 5.74) is 1.05. The van der Waals surface area contributed by atoms with Crippen molar-refractivity contribution in [2.75, 3.05) is 32.1 Å². The van der Waals surface area contributed by atoms with Gasteiger partial charge in [0.2, 0.25) is 6.41 Å². The Bertz CT molecular complexity index is 847. The average Bonchev–Trinajstić information content (AvgIpc) is 3.51. The average molecular weight is 455 g/mol. The van der Waals surface area contributed by atoms with E-state index in [1.807, 2.05) is 20.8 Å². The third-order valence-electron chi connectivity index (χ3n) is 3.67. The van der Waals surface area contributed by atoms with Crippen molar-refractivity contribution in [3.05, 3.63) is 39.4 Å². The maximum Gasteiger partial charge on any atom is 0.207 e. The molecule has 0 atom stereocenters. The van der Waals surface area contributed by atoms with Crippen molar-refractivity contribution in [2.45, 2.75) is 33.6 Å². The lowest BCUT2D eigenvalue weighted by atomic mass is 10.2. The number of carbonyl (C=O) groups is 1. The number of carbonyl (C=O) groups excluding carboxylic acids is 1. The number of aromatic nitrogens is 2. The van der Waals surface area contributed by atoms with E-state index in [0.717, 1.165) is 34.4 Å². The minimum atomic E-state index is -0.483. The number of thiazole rings is 1. The minimum absolute atomic E-state index is 0.220. The standard InChI is InChI=1S/C12H9ClFN3S.C7H13NO2.C2H6/c1-7-10(18-12(15-2)17-7)4-3-8-5-11(13)16-6-9(8)14;9-6-8-3-4-10-5-7-1-2-7;1-2/h5-6H,1-2H3,(H,15,17);6-7H,1-5H2,(H,8,9);1-2H3. The van der Waals surface area contributed by atoms with Crippen molar-refractivity contribution in [1.82, 2.24) is 15.3 Å². The molecule has 0 bridgehead atoms. The fourth-order valence-electron chi connectivity index (χ4n) is 1.98. The Morgan fingerprint density at radius 3 is 2.73 bits per heavy atom. The van der Waals surface area contributed by atoms with Gasteiger partial charge in [-0.15, -0.1) is 0 Å². The summed E-state index contributed by atoms with van der Waals surface area (Å²) in [5, 5.41) is 6.48. The van der Waals surface area contributed by atoms with E-state index in [4.69, 9.17) is 16.3 Å². The van der Waals surface area contributed by atoms with E-state index in [-0.39, 0.29) is 10.7 Å². The first-order valence-electron chi connectivity index (χ1n) is 9.76. The van der Waals surface area contributed by atoms with Gasteiger partial charge in [0.15, 0.2) is 10.9 Å². The van der Waals surface area contributed by atoms with E-state index in [1.54, 1.807) is 7.05 Å². The Balaban J connectivity index is 0.000000318. The molecule has 0 unspecified atom stereocenters. The number of ether oxygens (including phenoxy) is 1. The van der Waals surface area contributed by atoms with E-state index in [1.165, 1.54) is 30.2 Å². The predicted molar refractivity (Wildman–Crippen MR) is 121 cm³/mol. The molecule has 30 heavy (non-hydrogen) atoms. The van der Waals surface area contributed by atoms with Crippen LogP contribution in [0.5, 0.6) is 0 Å². The topological polar surface area (TPSA) is 76.1 Å². The molecule has 1 aliphatic rings. The summed E-state index contributed by atoms with van der Waals surface area (Å²) in [5.74, 6) is 5.97. The molecule has 2 heterocycles. The van der Waals surface area contributed by atoms with Crippen LogP contribution in [-0.4, -0.2) is 43.2 Å². The number of anilines is 1. The van der Waals surface area contributed by atoms with Gasteiger partial charge < -0.3 is 15.4 Å². The lowest BCUT2D eigenvalue weighted by Crippen LogP contribution is -2.17. The molecular weight excluding hydrogens is 427 g/mol. The molecule has 0 aromatic carbocycles. The van der Waals surface area contributed by atoms with Crippen LogP contribution >= 0.6 is 22.9 Å². The van der Waals surface area contributed by atoms with Gasteiger partial charge >= 0.3 is 0 Å². The summed E-state index contributed by atoms with van der Waals surface area (Å²) in [6, 6.07) is 1.40. The lowest BCUT2D eigenvalue weighted by molar-refractivity contribution is -0.109. The predicted octanol–water partition coefficient (Wildman–Crippen LogP) is 4.27. The second kappa shape index (κ2) is 14.7. The molecule has 0 saturated heterocycles. The highest BCUT2D eigenvalue weighted by molar-refractivity contribution is 7.16. The van der Waals surface area contributed by atoms with E-state index in [0.29, 0.717) is 19.6 Å². The van der Waals surface area contributed by atoms with E-state index in [9.17, 15) is 9.18 Å². The molecule has 2 N–H and O–H groups in total.